The first-order valence-electron chi connectivity index (χ1n) is 11.1. The average Bonchev–Trinajstić information content (AvgIpc) is 3.57. The molecule has 174 valence electrons. The van der Waals surface area contributed by atoms with Crippen molar-refractivity contribution in [3.63, 3.8) is 0 Å². The van der Waals surface area contributed by atoms with Crippen molar-refractivity contribution in [2.45, 2.75) is 31.0 Å². The molecule has 34 heavy (non-hydrogen) atoms. The first-order valence-corrected chi connectivity index (χ1v) is 11.1. The van der Waals surface area contributed by atoms with Crippen molar-refractivity contribution in [2.75, 3.05) is 13.2 Å². The van der Waals surface area contributed by atoms with E-state index < -0.39 is 18.0 Å². The molecule has 9 heteroatoms. The van der Waals surface area contributed by atoms with Gasteiger partial charge in [-0.05, 0) is 30.2 Å². The van der Waals surface area contributed by atoms with Crippen LogP contribution < -0.4 is 10.3 Å². The van der Waals surface area contributed by atoms with Crippen LogP contribution in [0.15, 0.2) is 65.9 Å². The van der Waals surface area contributed by atoms with Gasteiger partial charge in [0.25, 0.3) is 11.8 Å². The number of ketones is 1. The Morgan fingerprint density at radius 2 is 1.97 bits per heavy atom. The van der Waals surface area contributed by atoms with Crippen LogP contribution in [0, 0.1) is 5.82 Å². The number of likely N-dealkylation sites (tertiary alicyclic amines) is 1. The van der Waals surface area contributed by atoms with Gasteiger partial charge < -0.3 is 15.4 Å². The van der Waals surface area contributed by atoms with Gasteiger partial charge in [-0.25, -0.2) is 4.39 Å². The Morgan fingerprint density at radius 3 is 2.68 bits per heavy atom. The number of carbonyl (C=O) groups excluding carboxylic acids is 3. The number of benzene rings is 2. The summed E-state index contributed by atoms with van der Waals surface area (Å²) in [6, 6.07) is 11.2. The highest BCUT2D eigenvalue weighted by Gasteiger charge is 2.54. The Bertz CT molecular complexity index is 1200. The summed E-state index contributed by atoms with van der Waals surface area (Å²) < 4.78 is 18.8. The number of rotatable bonds is 6. The number of fused-ring (bicyclic) bond motifs is 1. The summed E-state index contributed by atoms with van der Waals surface area (Å²) in [7, 11) is 0. The zero-order valence-corrected chi connectivity index (χ0v) is 18.3. The molecule has 8 nitrogen and oxygen atoms in total. The molecule has 2 aromatic carbocycles. The standard InChI is InChI=1S/C25H23FN4O4/c26-17-8-6-16(7-9-17)14-20(25(33)29-12-10-22-23(29)21(31)15-34-22)30(13-3-11-28-30)19-5-2-1-4-18(19)24(27)32/h1-9,11,13,20,22-23H,10,12,14-15H2,(H-,27,32)/p+1. The maximum absolute atomic E-state index is 14.2. The van der Waals surface area contributed by atoms with E-state index in [2.05, 4.69) is 5.10 Å². The van der Waals surface area contributed by atoms with Crippen molar-refractivity contribution in [1.82, 2.24) is 9.49 Å². The molecule has 4 atom stereocenters. The minimum absolute atomic E-state index is 0.00962. The van der Waals surface area contributed by atoms with E-state index in [0.717, 1.165) is 0 Å². The molecule has 2 saturated heterocycles. The molecule has 0 aliphatic carbocycles. The number of ether oxygens (including phenoxy) is 1. The van der Waals surface area contributed by atoms with Gasteiger partial charge in [-0.3, -0.25) is 14.4 Å². The van der Waals surface area contributed by atoms with E-state index in [1.807, 2.05) is 0 Å². The van der Waals surface area contributed by atoms with Crippen molar-refractivity contribution in [1.29, 1.82) is 0 Å². The highest BCUT2D eigenvalue weighted by atomic mass is 19.1. The maximum atomic E-state index is 14.2. The number of quaternary nitrogens is 1. The Hall–Kier alpha value is -3.69. The number of Topliss-reactive ketones (excluding diaryl/α,β-unsaturated/α-hetero) is 1. The van der Waals surface area contributed by atoms with Crippen LogP contribution in [0.1, 0.15) is 22.3 Å². The lowest BCUT2D eigenvalue weighted by Gasteiger charge is -2.36. The molecule has 4 unspecified atom stereocenters. The Morgan fingerprint density at radius 1 is 1.21 bits per heavy atom. The van der Waals surface area contributed by atoms with E-state index >= 15 is 0 Å². The first-order chi connectivity index (χ1) is 16.4. The van der Waals surface area contributed by atoms with Gasteiger partial charge in [0.1, 0.15) is 30.2 Å². The van der Waals surface area contributed by atoms with Gasteiger partial charge in [0.15, 0.2) is 11.5 Å². The number of amides is 2. The van der Waals surface area contributed by atoms with E-state index in [0.29, 0.717) is 24.2 Å². The maximum Gasteiger partial charge on any atom is 0.285 e. The van der Waals surface area contributed by atoms with Crippen LogP contribution in [-0.2, 0) is 20.7 Å². The molecule has 0 aromatic heterocycles. The monoisotopic (exact) mass is 463 g/mol. The van der Waals surface area contributed by atoms with Crippen LogP contribution in [0.2, 0.25) is 0 Å². The molecule has 0 bridgehead atoms. The van der Waals surface area contributed by atoms with Crippen LogP contribution in [0.3, 0.4) is 0 Å². The molecule has 5 rings (SSSR count). The molecule has 2 N–H and O–H groups in total. The minimum Gasteiger partial charge on any atom is -0.368 e. The third-order valence-electron chi connectivity index (χ3n) is 6.71. The second-order valence-corrected chi connectivity index (χ2v) is 8.65. The topological polar surface area (TPSA) is 102 Å². The van der Waals surface area contributed by atoms with Gasteiger partial charge in [0.05, 0.1) is 12.3 Å². The highest BCUT2D eigenvalue weighted by molar-refractivity contribution is 6.00. The van der Waals surface area contributed by atoms with E-state index in [4.69, 9.17) is 10.5 Å². The van der Waals surface area contributed by atoms with Crippen molar-refractivity contribution in [3.8, 4) is 0 Å². The summed E-state index contributed by atoms with van der Waals surface area (Å²) in [6.07, 6.45) is 5.46. The number of para-hydroxylation sites is 1. The van der Waals surface area contributed by atoms with Crippen LogP contribution >= 0.6 is 0 Å². The third kappa shape index (κ3) is 3.63. The lowest BCUT2D eigenvalue weighted by atomic mass is 9.99. The van der Waals surface area contributed by atoms with Gasteiger partial charge in [0.2, 0.25) is 6.04 Å². The largest absolute Gasteiger partial charge is 0.368 e. The zero-order chi connectivity index (χ0) is 23.9. The second-order valence-electron chi connectivity index (χ2n) is 8.65. The number of primary amides is 1. The van der Waals surface area contributed by atoms with Crippen LogP contribution in [0.5, 0.6) is 0 Å². The summed E-state index contributed by atoms with van der Waals surface area (Å²) in [5, 5.41) is 4.65. The molecule has 2 fully saturated rings. The number of hydrogen-bond donors (Lipinski definition) is 1. The molecular weight excluding hydrogens is 439 g/mol. The highest BCUT2D eigenvalue weighted by Crippen LogP contribution is 2.37. The number of halogens is 1. The molecule has 2 aromatic rings. The molecule has 3 aliphatic rings. The van der Waals surface area contributed by atoms with Gasteiger partial charge in [0, 0.05) is 25.1 Å². The summed E-state index contributed by atoms with van der Waals surface area (Å²) in [5.41, 5.74) is 7.08. The van der Waals surface area contributed by atoms with Crippen LogP contribution in [-0.4, -0.2) is 60.1 Å². The fourth-order valence-electron chi connectivity index (χ4n) is 5.12. The SMILES string of the molecule is NC(=O)c1ccccc1[N+]1(C(Cc2ccc(F)cc2)C(=O)N2CCC3OCC(=O)C32)C=CC=N1. The number of hydrogen-bond acceptors (Lipinski definition) is 5. The Kier molecular flexibility index (Phi) is 5.59. The number of carbonyl (C=O) groups is 3. The molecule has 3 heterocycles. The van der Waals surface area contributed by atoms with Crippen molar-refractivity contribution in [2.24, 2.45) is 10.8 Å². The van der Waals surface area contributed by atoms with E-state index in [1.54, 1.807) is 59.8 Å². The van der Waals surface area contributed by atoms with E-state index in [1.165, 1.54) is 12.1 Å². The predicted molar refractivity (Wildman–Crippen MR) is 123 cm³/mol. The fraction of sp³-hybridized carbons (Fsp3) is 0.280. The van der Waals surface area contributed by atoms with Crippen LogP contribution in [0.4, 0.5) is 10.1 Å². The van der Waals surface area contributed by atoms with Gasteiger partial charge in [-0.2, -0.15) is 0 Å². The quantitative estimate of drug-likeness (QED) is 0.662. The summed E-state index contributed by atoms with van der Waals surface area (Å²) in [5.74, 6) is -1.44. The summed E-state index contributed by atoms with van der Waals surface area (Å²) in [6.45, 7) is 0.370. The molecule has 0 radical (unpaired) electrons. The molecule has 2 amide bonds. The lowest BCUT2D eigenvalue weighted by molar-refractivity contribution is -0.140. The summed E-state index contributed by atoms with van der Waals surface area (Å²) in [4.78, 5) is 40.6. The smallest absolute Gasteiger partial charge is 0.285 e. The van der Waals surface area contributed by atoms with Crippen molar-refractivity contribution in [3.05, 3.63) is 77.8 Å². The normalized spacial score (nSPS) is 26.1. The molecule has 0 spiro atoms. The summed E-state index contributed by atoms with van der Waals surface area (Å²) >= 11 is 0. The van der Waals surface area contributed by atoms with Gasteiger partial charge in [-0.15, -0.1) is 4.59 Å². The average molecular weight is 463 g/mol. The Labute approximate surface area is 195 Å². The predicted octanol–water partition coefficient (Wildman–Crippen LogP) is 1.93. The third-order valence-corrected chi connectivity index (χ3v) is 6.71. The Balaban J connectivity index is 1.63. The first kappa shape index (κ1) is 22.1. The molecule has 3 aliphatic heterocycles. The number of allylic oxidation sites excluding steroid dienone is 1. The fourth-order valence-corrected chi connectivity index (χ4v) is 5.12. The number of nitrogens with zero attached hydrogens (tertiary/aromatic N) is 3. The lowest BCUT2D eigenvalue weighted by Crippen LogP contribution is -2.59. The molecule has 0 saturated carbocycles. The van der Waals surface area contributed by atoms with E-state index in [-0.39, 0.29) is 46.8 Å². The molecular formula is C25H24FN4O4+. The van der Waals surface area contributed by atoms with Crippen molar-refractivity contribution >= 4 is 29.5 Å². The minimum atomic E-state index is -0.867. The van der Waals surface area contributed by atoms with Crippen LogP contribution in [0.25, 0.3) is 0 Å². The van der Waals surface area contributed by atoms with Gasteiger partial charge >= 0.3 is 0 Å². The zero-order valence-electron chi connectivity index (χ0n) is 18.3. The van der Waals surface area contributed by atoms with Crippen molar-refractivity contribution < 1.29 is 23.5 Å². The van der Waals surface area contributed by atoms with E-state index in [9.17, 15) is 18.8 Å². The van der Waals surface area contributed by atoms with Gasteiger partial charge in [-0.1, -0.05) is 29.4 Å². The number of nitrogens with two attached hydrogens (primary N) is 1. The second kappa shape index (κ2) is 8.58.